The van der Waals surface area contributed by atoms with Crippen molar-refractivity contribution in [2.24, 2.45) is 0 Å². The van der Waals surface area contributed by atoms with Crippen LogP contribution in [-0.4, -0.2) is 23.5 Å². The van der Waals surface area contributed by atoms with Crippen LogP contribution in [-0.2, 0) is 20.7 Å². The fraction of sp³-hybridized carbons (Fsp3) is 0.190. The summed E-state index contributed by atoms with van der Waals surface area (Å²) in [5, 5.41) is 5.43. The van der Waals surface area contributed by atoms with Crippen molar-refractivity contribution in [3.8, 4) is 10.6 Å². The minimum Gasteiger partial charge on any atom is -0.455 e. The first-order valence-corrected chi connectivity index (χ1v) is 9.42. The Morgan fingerprint density at radius 3 is 2.70 bits per heavy atom. The molecule has 5 nitrogen and oxygen atoms in total. The van der Waals surface area contributed by atoms with Crippen molar-refractivity contribution in [1.82, 2.24) is 4.98 Å². The summed E-state index contributed by atoms with van der Waals surface area (Å²) in [6.07, 6.45) is 0.0416. The van der Waals surface area contributed by atoms with Crippen molar-refractivity contribution in [3.63, 3.8) is 0 Å². The monoisotopic (exact) mass is 380 g/mol. The number of aromatic nitrogens is 1. The van der Waals surface area contributed by atoms with E-state index in [4.69, 9.17) is 4.74 Å². The number of hydrogen-bond donors (Lipinski definition) is 1. The van der Waals surface area contributed by atoms with E-state index in [0.717, 1.165) is 21.7 Å². The molecular weight excluding hydrogens is 360 g/mol. The summed E-state index contributed by atoms with van der Waals surface area (Å²) in [5.74, 6) is -0.840. The quantitative estimate of drug-likeness (QED) is 0.652. The largest absolute Gasteiger partial charge is 0.455 e. The minimum atomic E-state index is -0.476. The normalized spacial score (nSPS) is 10.4. The highest BCUT2D eigenvalue weighted by molar-refractivity contribution is 7.13. The number of carbonyl (C=O) groups excluding carboxylic acids is 2. The number of carbonyl (C=O) groups is 2. The van der Waals surface area contributed by atoms with E-state index in [1.165, 1.54) is 11.3 Å². The zero-order chi connectivity index (χ0) is 19.2. The number of nitrogens with one attached hydrogen (secondary N) is 1. The molecule has 0 aliphatic heterocycles. The molecule has 1 heterocycles. The van der Waals surface area contributed by atoms with Crippen LogP contribution in [0.25, 0.3) is 10.6 Å². The van der Waals surface area contributed by atoms with Gasteiger partial charge in [0.25, 0.3) is 5.91 Å². The van der Waals surface area contributed by atoms with E-state index in [9.17, 15) is 9.59 Å². The summed E-state index contributed by atoms with van der Waals surface area (Å²) < 4.78 is 5.07. The number of ether oxygens (including phenoxy) is 1. The van der Waals surface area contributed by atoms with Gasteiger partial charge in [0.1, 0.15) is 5.01 Å². The Morgan fingerprint density at radius 1 is 1.11 bits per heavy atom. The summed E-state index contributed by atoms with van der Waals surface area (Å²) in [7, 11) is 0. The third-order valence-corrected chi connectivity index (χ3v) is 4.87. The molecule has 0 saturated heterocycles. The molecule has 0 fully saturated rings. The third kappa shape index (κ3) is 5.24. The molecule has 1 amide bonds. The van der Waals surface area contributed by atoms with Crippen molar-refractivity contribution in [1.29, 1.82) is 0 Å². The summed E-state index contributed by atoms with van der Waals surface area (Å²) in [6.45, 7) is 3.61. The predicted octanol–water partition coefficient (Wildman–Crippen LogP) is 4.15. The smallest absolute Gasteiger partial charge is 0.312 e. The lowest BCUT2D eigenvalue weighted by Crippen LogP contribution is -2.22. The molecule has 2 aromatic carbocycles. The predicted molar refractivity (Wildman–Crippen MR) is 107 cm³/mol. The first-order valence-electron chi connectivity index (χ1n) is 8.54. The van der Waals surface area contributed by atoms with E-state index in [2.05, 4.69) is 16.4 Å². The lowest BCUT2D eigenvalue weighted by molar-refractivity contribution is -0.146. The molecule has 3 aromatic rings. The van der Waals surface area contributed by atoms with Crippen LogP contribution in [0.4, 0.5) is 5.69 Å². The second kappa shape index (κ2) is 8.60. The van der Waals surface area contributed by atoms with Crippen LogP contribution in [0.3, 0.4) is 0 Å². The molecule has 0 radical (unpaired) electrons. The zero-order valence-electron chi connectivity index (χ0n) is 15.2. The average molecular weight is 380 g/mol. The van der Waals surface area contributed by atoms with Gasteiger partial charge in [0.15, 0.2) is 6.61 Å². The second-order valence-corrected chi connectivity index (χ2v) is 7.07. The van der Waals surface area contributed by atoms with Crippen LogP contribution >= 0.6 is 11.3 Å². The molecule has 0 bridgehead atoms. The molecule has 1 aromatic heterocycles. The highest BCUT2D eigenvalue weighted by Crippen LogP contribution is 2.24. The SMILES string of the molecule is Cc1cccc(-c2nc(CC(=O)OCC(=O)Nc3ccccc3C)cs2)c1. The van der Waals surface area contributed by atoms with Gasteiger partial charge in [-0.1, -0.05) is 42.0 Å². The van der Waals surface area contributed by atoms with Gasteiger partial charge in [0.2, 0.25) is 0 Å². The molecule has 0 unspecified atom stereocenters. The topological polar surface area (TPSA) is 68.3 Å². The second-order valence-electron chi connectivity index (χ2n) is 6.21. The van der Waals surface area contributed by atoms with E-state index in [-0.39, 0.29) is 18.9 Å². The number of thiazole rings is 1. The maximum absolute atomic E-state index is 12.0. The van der Waals surface area contributed by atoms with Crippen molar-refractivity contribution >= 4 is 28.9 Å². The fourth-order valence-corrected chi connectivity index (χ4v) is 3.36. The molecule has 27 heavy (non-hydrogen) atoms. The Bertz CT molecular complexity index is 965. The standard InChI is InChI=1S/C21H20N2O3S/c1-14-6-5-8-16(10-14)21-22-17(13-27-21)11-20(25)26-12-19(24)23-18-9-4-3-7-15(18)2/h3-10,13H,11-12H2,1-2H3,(H,23,24). The minimum absolute atomic E-state index is 0.0416. The van der Waals surface area contributed by atoms with Gasteiger partial charge in [0, 0.05) is 16.6 Å². The summed E-state index contributed by atoms with van der Waals surface area (Å²) in [5.41, 5.74) is 4.48. The van der Waals surface area contributed by atoms with Crippen molar-refractivity contribution in [2.45, 2.75) is 20.3 Å². The van der Waals surface area contributed by atoms with E-state index < -0.39 is 5.97 Å². The van der Waals surface area contributed by atoms with Gasteiger partial charge < -0.3 is 10.1 Å². The third-order valence-electron chi connectivity index (χ3n) is 3.93. The number of esters is 1. The van der Waals surface area contributed by atoms with E-state index in [1.54, 1.807) is 6.07 Å². The Kier molecular flexibility index (Phi) is 5.98. The Balaban J connectivity index is 1.51. The first-order chi connectivity index (χ1) is 13.0. The van der Waals surface area contributed by atoms with Gasteiger partial charge in [-0.05, 0) is 31.5 Å². The molecule has 0 saturated carbocycles. The van der Waals surface area contributed by atoms with Gasteiger partial charge in [-0.2, -0.15) is 0 Å². The van der Waals surface area contributed by atoms with Gasteiger partial charge in [-0.15, -0.1) is 11.3 Å². The van der Waals surface area contributed by atoms with Crippen LogP contribution in [0, 0.1) is 13.8 Å². The highest BCUT2D eigenvalue weighted by atomic mass is 32.1. The van der Waals surface area contributed by atoms with E-state index in [0.29, 0.717) is 11.4 Å². The fourth-order valence-electron chi connectivity index (χ4n) is 2.54. The first kappa shape index (κ1) is 18.8. The average Bonchev–Trinajstić information content (AvgIpc) is 3.10. The Labute approximate surface area is 162 Å². The van der Waals surface area contributed by atoms with Crippen LogP contribution < -0.4 is 5.32 Å². The van der Waals surface area contributed by atoms with Gasteiger partial charge in [-0.25, -0.2) is 4.98 Å². The van der Waals surface area contributed by atoms with E-state index in [1.807, 2.05) is 55.6 Å². The van der Waals surface area contributed by atoms with Crippen molar-refractivity contribution in [3.05, 3.63) is 70.7 Å². The number of hydrogen-bond acceptors (Lipinski definition) is 5. The number of anilines is 1. The maximum Gasteiger partial charge on any atom is 0.312 e. The molecule has 138 valence electrons. The van der Waals surface area contributed by atoms with E-state index >= 15 is 0 Å². The lowest BCUT2D eigenvalue weighted by atomic mass is 10.1. The summed E-state index contributed by atoms with van der Waals surface area (Å²) in [6, 6.07) is 15.5. The Hall–Kier alpha value is -2.99. The Morgan fingerprint density at radius 2 is 1.93 bits per heavy atom. The molecule has 0 aliphatic carbocycles. The number of aryl methyl sites for hydroxylation is 2. The van der Waals surface area contributed by atoms with Gasteiger partial charge in [-0.3, -0.25) is 9.59 Å². The number of para-hydroxylation sites is 1. The summed E-state index contributed by atoms with van der Waals surface area (Å²) >= 11 is 1.48. The molecule has 0 spiro atoms. The molecule has 0 aliphatic rings. The van der Waals surface area contributed by atoms with Gasteiger partial charge in [0.05, 0.1) is 12.1 Å². The molecule has 1 N–H and O–H groups in total. The van der Waals surface area contributed by atoms with Crippen LogP contribution in [0.15, 0.2) is 53.9 Å². The number of nitrogens with zero attached hydrogens (tertiary/aromatic N) is 1. The number of benzene rings is 2. The lowest BCUT2D eigenvalue weighted by Gasteiger charge is -2.08. The molecule has 3 rings (SSSR count). The van der Waals surface area contributed by atoms with Crippen molar-refractivity contribution < 1.29 is 14.3 Å². The highest BCUT2D eigenvalue weighted by Gasteiger charge is 2.12. The molecule has 6 heteroatoms. The maximum atomic E-state index is 12.0. The van der Waals surface area contributed by atoms with Gasteiger partial charge >= 0.3 is 5.97 Å². The summed E-state index contributed by atoms with van der Waals surface area (Å²) in [4.78, 5) is 28.4. The van der Waals surface area contributed by atoms with Crippen LogP contribution in [0.1, 0.15) is 16.8 Å². The van der Waals surface area contributed by atoms with Crippen molar-refractivity contribution in [2.75, 3.05) is 11.9 Å². The number of amides is 1. The zero-order valence-corrected chi connectivity index (χ0v) is 16.0. The molecular formula is C21H20N2O3S. The molecule has 0 atom stereocenters. The van der Waals surface area contributed by atoms with Crippen LogP contribution in [0.2, 0.25) is 0 Å². The number of rotatable bonds is 6. The van der Waals surface area contributed by atoms with Crippen LogP contribution in [0.5, 0.6) is 0 Å².